The van der Waals surface area contributed by atoms with Crippen molar-refractivity contribution in [3.8, 4) is 0 Å². The van der Waals surface area contributed by atoms with E-state index in [0.29, 0.717) is 19.3 Å². The SMILES string of the molecule is CCCCCCCCC=CCCCCCCCC(=O)OCC(COP(=O)(O)OCCN)OC(=O)CCCC=CCC=CCC=CC=CC(O)CCCCC. The molecule has 0 amide bonds. The van der Waals surface area contributed by atoms with Gasteiger partial charge in [-0.1, -0.05) is 145 Å². The van der Waals surface area contributed by atoms with Crippen LogP contribution in [0.15, 0.2) is 60.8 Å². The second-order valence-corrected chi connectivity index (χ2v) is 15.2. The van der Waals surface area contributed by atoms with Gasteiger partial charge in [0.15, 0.2) is 6.10 Å². The molecule has 4 N–H and O–H groups in total. The highest BCUT2D eigenvalue weighted by Crippen LogP contribution is 2.43. The number of carbonyl (C=O) groups excluding carboxylic acids is 2. The zero-order valence-electron chi connectivity index (χ0n) is 33.8. The quantitative estimate of drug-likeness (QED) is 0.0181. The number of carbonyl (C=O) groups is 2. The van der Waals surface area contributed by atoms with Gasteiger partial charge >= 0.3 is 19.8 Å². The van der Waals surface area contributed by atoms with Crippen LogP contribution in [0.25, 0.3) is 0 Å². The molecule has 0 fully saturated rings. The Hall–Kier alpha value is -2.33. The topological polar surface area (TPSA) is 155 Å². The predicted molar refractivity (Wildman–Crippen MR) is 221 cm³/mol. The zero-order chi connectivity index (χ0) is 39.8. The lowest BCUT2D eigenvalue weighted by Gasteiger charge is -2.19. The number of unbranched alkanes of at least 4 members (excludes halogenated alkanes) is 14. The smallest absolute Gasteiger partial charge is 0.462 e. The Kier molecular flexibility index (Phi) is 37.2. The summed E-state index contributed by atoms with van der Waals surface area (Å²) >= 11 is 0. The van der Waals surface area contributed by atoms with Gasteiger partial charge in [0.05, 0.1) is 19.3 Å². The molecule has 0 rings (SSSR count). The molecule has 0 aromatic rings. The second-order valence-electron chi connectivity index (χ2n) is 13.7. The van der Waals surface area contributed by atoms with E-state index in [1.807, 2.05) is 36.5 Å². The fraction of sp³-hybridized carbons (Fsp3) is 0.721. The van der Waals surface area contributed by atoms with E-state index in [2.05, 4.69) is 38.2 Å². The summed E-state index contributed by atoms with van der Waals surface area (Å²) in [6.07, 6.45) is 41.5. The van der Waals surface area contributed by atoms with Gasteiger partial charge in [0.25, 0.3) is 0 Å². The van der Waals surface area contributed by atoms with Crippen molar-refractivity contribution < 1.29 is 42.7 Å². The molecular weight excluding hydrogens is 705 g/mol. The van der Waals surface area contributed by atoms with Crippen molar-refractivity contribution in [2.45, 2.75) is 174 Å². The van der Waals surface area contributed by atoms with E-state index in [9.17, 15) is 24.2 Å². The van der Waals surface area contributed by atoms with Gasteiger partial charge in [-0.3, -0.25) is 18.6 Å². The fourth-order valence-corrected chi connectivity index (χ4v) is 6.08. The number of aliphatic hydroxyl groups excluding tert-OH is 1. The largest absolute Gasteiger partial charge is 0.472 e. The Morgan fingerprint density at radius 1 is 0.648 bits per heavy atom. The third-order valence-electron chi connectivity index (χ3n) is 8.48. The average molecular weight is 782 g/mol. The molecule has 10 nitrogen and oxygen atoms in total. The maximum Gasteiger partial charge on any atom is 0.472 e. The molecule has 54 heavy (non-hydrogen) atoms. The van der Waals surface area contributed by atoms with Gasteiger partial charge in [-0.05, 0) is 64.2 Å². The van der Waals surface area contributed by atoms with Crippen molar-refractivity contribution in [1.82, 2.24) is 0 Å². The van der Waals surface area contributed by atoms with E-state index in [1.165, 1.54) is 44.9 Å². The van der Waals surface area contributed by atoms with Crippen LogP contribution in [0.4, 0.5) is 0 Å². The minimum absolute atomic E-state index is 0.0337. The van der Waals surface area contributed by atoms with Crippen LogP contribution in [-0.2, 0) is 32.7 Å². The van der Waals surface area contributed by atoms with E-state index >= 15 is 0 Å². The summed E-state index contributed by atoms with van der Waals surface area (Å²) in [5.74, 6) is -0.935. The van der Waals surface area contributed by atoms with Gasteiger partial charge in [0, 0.05) is 19.4 Å². The van der Waals surface area contributed by atoms with Gasteiger partial charge in [0.1, 0.15) is 6.61 Å². The molecule has 0 spiro atoms. The van der Waals surface area contributed by atoms with Crippen LogP contribution in [0.2, 0.25) is 0 Å². The fourth-order valence-electron chi connectivity index (χ4n) is 5.32. The van der Waals surface area contributed by atoms with Gasteiger partial charge in [-0.2, -0.15) is 0 Å². The van der Waals surface area contributed by atoms with Crippen LogP contribution in [-0.4, -0.2) is 60.5 Å². The number of hydrogen-bond donors (Lipinski definition) is 3. The minimum atomic E-state index is -4.40. The molecule has 11 heteroatoms. The minimum Gasteiger partial charge on any atom is -0.462 e. The van der Waals surface area contributed by atoms with Crippen molar-refractivity contribution >= 4 is 19.8 Å². The molecule has 0 aromatic carbocycles. The molecule has 0 saturated heterocycles. The number of rotatable bonds is 38. The highest BCUT2D eigenvalue weighted by molar-refractivity contribution is 7.47. The summed E-state index contributed by atoms with van der Waals surface area (Å²) in [7, 11) is -4.40. The Morgan fingerprint density at radius 3 is 1.89 bits per heavy atom. The molecule has 0 bridgehead atoms. The molecule has 3 unspecified atom stereocenters. The van der Waals surface area contributed by atoms with Crippen LogP contribution >= 0.6 is 7.82 Å². The van der Waals surface area contributed by atoms with Crippen molar-refractivity contribution in [1.29, 1.82) is 0 Å². The third-order valence-corrected chi connectivity index (χ3v) is 9.46. The van der Waals surface area contributed by atoms with Gasteiger partial charge < -0.3 is 25.2 Å². The first-order valence-electron chi connectivity index (χ1n) is 20.9. The molecule has 0 radical (unpaired) electrons. The lowest BCUT2D eigenvalue weighted by atomic mass is 10.1. The standard InChI is InChI=1S/C43H76NO9P/c1-3-5-7-8-9-10-11-12-13-14-17-20-23-26-30-34-42(46)50-38-41(39-52-54(48,49)51-37-36-44)53-43(47)35-31-27-24-21-18-15-16-19-22-25-29-33-40(45)32-28-6-4-2/h12-13,15-16,21-22,24-25,29,33,40-41,45H,3-11,14,17-20,23,26-28,30-32,34-39,44H2,1-2H3,(H,48,49). The van der Waals surface area contributed by atoms with Gasteiger partial charge in [-0.15, -0.1) is 0 Å². The molecule has 0 aliphatic heterocycles. The van der Waals surface area contributed by atoms with Gasteiger partial charge in [-0.25, -0.2) is 4.57 Å². The molecule has 0 heterocycles. The molecule has 0 aliphatic carbocycles. The predicted octanol–water partition coefficient (Wildman–Crippen LogP) is 10.7. The number of phosphoric acid groups is 1. The van der Waals surface area contributed by atoms with Crippen LogP contribution in [0.1, 0.15) is 162 Å². The van der Waals surface area contributed by atoms with Crippen LogP contribution in [0.3, 0.4) is 0 Å². The van der Waals surface area contributed by atoms with Crippen molar-refractivity contribution in [3.63, 3.8) is 0 Å². The number of allylic oxidation sites excluding steroid dienone is 9. The van der Waals surface area contributed by atoms with Crippen molar-refractivity contribution in [2.24, 2.45) is 5.73 Å². The Balaban J connectivity index is 4.35. The van der Waals surface area contributed by atoms with E-state index in [4.69, 9.17) is 24.3 Å². The first-order valence-corrected chi connectivity index (χ1v) is 22.4. The highest BCUT2D eigenvalue weighted by Gasteiger charge is 2.25. The third kappa shape index (κ3) is 38.0. The van der Waals surface area contributed by atoms with Gasteiger partial charge in [0.2, 0.25) is 0 Å². The van der Waals surface area contributed by atoms with E-state index < -0.39 is 32.5 Å². The van der Waals surface area contributed by atoms with Crippen LogP contribution in [0, 0.1) is 0 Å². The summed E-state index contributed by atoms with van der Waals surface area (Å²) in [4.78, 5) is 34.8. The van der Waals surface area contributed by atoms with Crippen LogP contribution in [0.5, 0.6) is 0 Å². The highest BCUT2D eigenvalue weighted by atomic mass is 31.2. The molecule has 0 aromatic heterocycles. The number of phosphoric ester groups is 1. The summed E-state index contributed by atoms with van der Waals surface area (Å²) in [6.45, 7) is 3.50. The number of esters is 2. The average Bonchev–Trinajstić information content (AvgIpc) is 3.15. The van der Waals surface area contributed by atoms with Crippen LogP contribution < -0.4 is 5.73 Å². The zero-order valence-corrected chi connectivity index (χ0v) is 34.7. The number of nitrogens with two attached hydrogens (primary N) is 1. The summed E-state index contributed by atoms with van der Waals surface area (Å²) in [5, 5.41) is 9.89. The first kappa shape index (κ1) is 51.7. The normalized spacial score (nSPS) is 14.5. The Bertz CT molecular complexity index is 1090. The maximum absolute atomic E-state index is 12.5. The van der Waals surface area contributed by atoms with E-state index in [-0.39, 0.29) is 38.7 Å². The monoisotopic (exact) mass is 782 g/mol. The molecule has 0 saturated carbocycles. The Labute approximate surface area is 328 Å². The van der Waals surface area contributed by atoms with E-state index in [1.54, 1.807) is 0 Å². The van der Waals surface area contributed by atoms with E-state index in [0.717, 1.165) is 70.6 Å². The lowest BCUT2D eigenvalue weighted by molar-refractivity contribution is -0.161. The number of hydrogen-bond acceptors (Lipinski definition) is 9. The lowest BCUT2D eigenvalue weighted by Crippen LogP contribution is -2.29. The number of ether oxygens (including phenoxy) is 2. The summed E-state index contributed by atoms with van der Waals surface area (Å²) in [6, 6.07) is 0. The second kappa shape index (κ2) is 38.9. The molecule has 312 valence electrons. The molecular formula is C43H76NO9P. The summed E-state index contributed by atoms with van der Waals surface area (Å²) < 4.78 is 32.6. The molecule has 0 aliphatic rings. The van der Waals surface area contributed by atoms with Crippen molar-refractivity contribution in [2.75, 3.05) is 26.4 Å². The van der Waals surface area contributed by atoms with Crippen molar-refractivity contribution in [3.05, 3.63) is 60.8 Å². The first-order chi connectivity index (χ1) is 26.2. The summed E-state index contributed by atoms with van der Waals surface area (Å²) in [5.41, 5.74) is 5.33. The maximum atomic E-state index is 12.5. The number of aliphatic hydroxyl groups is 1. The molecule has 3 atom stereocenters. The Morgan fingerprint density at radius 2 is 1.20 bits per heavy atom.